The summed E-state index contributed by atoms with van der Waals surface area (Å²) >= 11 is 0. The molecule has 0 spiro atoms. The molecular formula is C12H18N2O2. The highest BCUT2D eigenvalue weighted by Crippen LogP contribution is 2.33. The first-order chi connectivity index (χ1) is 7.65. The summed E-state index contributed by atoms with van der Waals surface area (Å²) in [6, 6.07) is 4.07. The van der Waals surface area contributed by atoms with Crippen LogP contribution in [-0.4, -0.2) is 32.3 Å². The minimum atomic E-state index is 0.0885. The topological polar surface area (TPSA) is 47.7 Å². The van der Waals surface area contributed by atoms with Crippen LogP contribution in [0.25, 0.3) is 0 Å². The van der Waals surface area contributed by atoms with Gasteiger partial charge in [0.25, 0.3) is 0 Å². The van der Waals surface area contributed by atoms with Crippen LogP contribution in [0.4, 0.5) is 0 Å². The van der Waals surface area contributed by atoms with Crippen molar-refractivity contribution in [3.63, 3.8) is 0 Å². The van der Waals surface area contributed by atoms with Crippen LogP contribution in [0, 0.1) is 0 Å². The Bertz CT molecular complexity index is 356. The number of benzene rings is 1. The van der Waals surface area contributed by atoms with Crippen LogP contribution in [0.1, 0.15) is 11.1 Å². The average Bonchev–Trinajstić information content (AvgIpc) is 2.29. The van der Waals surface area contributed by atoms with Crippen LogP contribution in [0.5, 0.6) is 11.5 Å². The molecule has 1 aliphatic rings. The zero-order valence-corrected chi connectivity index (χ0v) is 9.99. The quantitative estimate of drug-likeness (QED) is 0.810. The number of ether oxygens (including phenoxy) is 2. The molecule has 2 N–H and O–H groups in total. The maximum absolute atomic E-state index is 6.01. The fraction of sp³-hybridized carbons (Fsp3) is 0.500. The third kappa shape index (κ3) is 1.86. The Balaban J connectivity index is 2.41. The van der Waals surface area contributed by atoms with Crippen molar-refractivity contribution < 1.29 is 9.47 Å². The number of likely N-dealkylation sites (N-methyl/N-ethyl adjacent to an activating group) is 1. The van der Waals surface area contributed by atoms with Gasteiger partial charge >= 0.3 is 0 Å². The average molecular weight is 222 g/mol. The molecular weight excluding hydrogens is 204 g/mol. The van der Waals surface area contributed by atoms with Gasteiger partial charge in [0.05, 0.1) is 20.4 Å². The van der Waals surface area contributed by atoms with Crippen molar-refractivity contribution in [1.82, 2.24) is 4.90 Å². The first kappa shape index (κ1) is 11.2. The molecule has 4 nitrogen and oxygen atoms in total. The number of hydrogen-bond donors (Lipinski definition) is 1. The number of nitrogens with two attached hydrogens (primary N) is 1. The van der Waals surface area contributed by atoms with Gasteiger partial charge in [0, 0.05) is 13.0 Å². The molecule has 0 bridgehead atoms. The molecule has 0 radical (unpaired) electrons. The van der Waals surface area contributed by atoms with E-state index in [1.165, 1.54) is 11.1 Å². The molecule has 1 aromatic carbocycles. The summed E-state index contributed by atoms with van der Waals surface area (Å²) in [5.74, 6) is 1.56. The lowest BCUT2D eigenvalue weighted by Crippen LogP contribution is -2.43. The summed E-state index contributed by atoms with van der Waals surface area (Å²) in [5.41, 5.74) is 8.53. The second kappa shape index (κ2) is 4.31. The highest BCUT2D eigenvalue weighted by Gasteiger charge is 2.22. The van der Waals surface area contributed by atoms with Gasteiger partial charge in [-0.15, -0.1) is 0 Å². The van der Waals surface area contributed by atoms with Crippen molar-refractivity contribution in [3.05, 3.63) is 23.3 Å². The maximum atomic E-state index is 6.01. The molecule has 0 saturated carbocycles. The summed E-state index contributed by atoms with van der Waals surface area (Å²) in [6.45, 7) is 0.858. The maximum Gasteiger partial charge on any atom is 0.161 e. The number of hydrogen-bond acceptors (Lipinski definition) is 4. The Labute approximate surface area is 95.9 Å². The van der Waals surface area contributed by atoms with Crippen LogP contribution >= 0.6 is 0 Å². The van der Waals surface area contributed by atoms with E-state index in [4.69, 9.17) is 15.2 Å². The van der Waals surface area contributed by atoms with Gasteiger partial charge in [0.15, 0.2) is 11.5 Å². The SMILES string of the molecule is COc1cc2c(cc1OC)CN(C)C(N)C2. The lowest BCUT2D eigenvalue weighted by atomic mass is 9.97. The zero-order valence-electron chi connectivity index (χ0n) is 9.99. The van der Waals surface area contributed by atoms with Crippen LogP contribution in [0.3, 0.4) is 0 Å². The minimum Gasteiger partial charge on any atom is -0.493 e. The number of methoxy groups -OCH3 is 2. The second-order valence-electron chi connectivity index (χ2n) is 4.16. The van der Waals surface area contributed by atoms with Gasteiger partial charge in [-0.2, -0.15) is 0 Å². The molecule has 0 aromatic heterocycles. The van der Waals surface area contributed by atoms with E-state index in [1.807, 2.05) is 19.2 Å². The molecule has 0 fully saturated rings. The van der Waals surface area contributed by atoms with Gasteiger partial charge in [-0.1, -0.05) is 0 Å². The Morgan fingerprint density at radius 1 is 1.19 bits per heavy atom. The van der Waals surface area contributed by atoms with Crippen molar-refractivity contribution in [2.75, 3.05) is 21.3 Å². The molecule has 16 heavy (non-hydrogen) atoms. The van der Waals surface area contributed by atoms with Crippen LogP contribution < -0.4 is 15.2 Å². The molecule has 1 aromatic rings. The fourth-order valence-electron chi connectivity index (χ4n) is 2.07. The highest BCUT2D eigenvalue weighted by molar-refractivity contribution is 5.48. The van der Waals surface area contributed by atoms with Gasteiger partial charge < -0.3 is 15.2 Å². The van der Waals surface area contributed by atoms with E-state index in [1.54, 1.807) is 14.2 Å². The first-order valence-electron chi connectivity index (χ1n) is 5.35. The van der Waals surface area contributed by atoms with Gasteiger partial charge in [-0.25, -0.2) is 0 Å². The molecule has 0 saturated heterocycles. The van der Waals surface area contributed by atoms with Crippen molar-refractivity contribution in [1.29, 1.82) is 0 Å². The Morgan fingerprint density at radius 3 is 2.31 bits per heavy atom. The van der Waals surface area contributed by atoms with Crippen molar-refractivity contribution in [3.8, 4) is 11.5 Å². The Kier molecular flexibility index (Phi) is 3.03. The number of rotatable bonds is 2. The van der Waals surface area contributed by atoms with Gasteiger partial charge in [0.1, 0.15) is 0 Å². The smallest absolute Gasteiger partial charge is 0.161 e. The van der Waals surface area contributed by atoms with Crippen molar-refractivity contribution in [2.45, 2.75) is 19.1 Å². The summed E-state index contributed by atoms with van der Waals surface area (Å²) in [4.78, 5) is 2.13. The lowest BCUT2D eigenvalue weighted by molar-refractivity contribution is 0.219. The fourth-order valence-corrected chi connectivity index (χ4v) is 2.07. The van der Waals surface area contributed by atoms with E-state index < -0.39 is 0 Å². The van der Waals surface area contributed by atoms with Crippen LogP contribution in [0.2, 0.25) is 0 Å². The Hall–Kier alpha value is -1.26. The second-order valence-corrected chi connectivity index (χ2v) is 4.16. The summed E-state index contributed by atoms with van der Waals surface area (Å²) in [7, 11) is 5.34. The monoisotopic (exact) mass is 222 g/mol. The summed E-state index contributed by atoms with van der Waals surface area (Å²) < 4.78 is 10.6. The van der Waals surface area contributed by atoms with Gasteiger partial charge in [-0.3, -0.25) is 4.90 Å². The molecule has 1 heterocycles. The highest BCUT2D eigenvalue weighted by atomic mass is 16.5. The largest absolute Gasteiger partial charge is 0.493 e. The summed E-state index contributed by atoms with van der Waals surface area (Å²) in [5, 5.41) is 0. The molecule has 0 amide bonds. The third-order valence-corrected chi connectivity index (χ3v) is 3.12. The molecule has 2 rings (SSSR count). The van der Waals surface area contributed by atoms with Crippen LogP contribution in [0.15, 0.2) is 12.1 Å². The van der Waals surface area contributed by atoms with E-state index in [2.05, 4.69) is 4.90 Å². The predicted molar refractivity (Wildman–Crippen MR) is 62.7 cm³/mol. The van der Waals surface area contributed by atoms with E-state index in [0.717, 1.165) is 24.5 Å². The van der Waals surface area contributed by atoms with E-state index in [0.29, 0.717) is 0 Å². The van der Waals surface area contributed by atoms with Gasteiger partial charge in [0.2, 0.25) is 0 Å². The van der Waals surface area contributed by atoms with E-state index >= 15 is 0 Å². The first-order valence-corrected chi connectivity index (χ1v) is 5.35. The molecule has 1 unspecified atom stereocenters. The Morgan fingerprint density at radius 2 is 1.75 bits per heavy atom. The molecule has 4 heteroatoms. The zero-order chi connectivity index (χ0) is 11.7. The van der Waals surface area contributed by atoms with Gasteiger partial charge in [-0.05, 0) is 30.3 Å². The number of fused-ring (bicyclic) bond motifs is 1. The molecule has 1 aliphatic heterocycles. The molecule has 0 aliphatic carbocycles. The van der Waals surface area contributed by atoms with E-state index in [-0.39, 0.29) is 6.17 Å². The standard InChI is InChI=1S/C12H18N2O2/c1-14-7-9-5-11(16-3)10(15-2)4-8(9)6-12(14)13/h4-5,12H,6-7,13H2,1-3H3. The number of nitrogens with zero attached hydrogens (tertiary/aromatic N) is 1. The van der Waals surface area contributed by atoms with Crippen molar-refractivity contribution >= 4 is 0 Å². The van der Waals surface area contributed by atoms with E-state index in [9.17, 15) is 0 Å². The lowest BCUT2D eigenvalue weighted by Gasteiger charge is -2.31. The van der Waals surface area contributed by atoms with Crippen molar-refractivity contribution in [2.24, 2.45) is 5.73 Å². The minimum absolute atomic E-state index is 0.0885. The summed E-state index contributed by atoms with van der Waals surface area (Å²) in [6.07, 6.45) is 0.942. The third-order valence-electron chi connectivity index (χ3n) is 3.12. The normalized spacial score (nSPS) is 20.4. The molecule has 1 atom stereocenters. The molecule has 88 valence electrons. The van der Waals surface area contributed by atoms with Crippen LogP contribution in [-0.2, 0) is 13.0 Å². The predicted octanol–water partition coefficient (Wildman–Crippen LogP) is 0.976.